The molecule has 0 aromatic heterocycles. The Kier molecular flexibility index (Phi) is 5.90. The lowest BCUT2D eigenvalue weighted by atomic mass is 10.0. The smallest absolute Gasteiger partial charge is 0.342 e. The van der Waals surface area contributed by atoms with Gasteiger partial charge in [0.05, 0.1) is 6.10 Å². The van der Waals surface area contributed by atoms with Gasteiger partial charge in [-0.25, -0.2) is 10.1 Å². The van der Waals surface area contributed by atoms with Gasteiger partial charge in [-0.15, -0.1) is 0 Å². The van der Waals surface area contributed by atoms with Gasteiger partial charge in [-0.1, -0.05) is 6.07 Å². The van der Waals surface area contributed by atoms with Crippen LogP contribution in [0.25, 0.3) is 0 Å². The molecule has 0 saturated heterocycles. The van der Waals surface area contributed by atoms with Crippen LogP contribution in [0, 0.1) is 0 Å². The lowest BCUT2D eigenvalue weighted by molar-refractivity contribution is -0.142. The van der Waals surface area contributed by atoms with E-state index in [9.17, 15) is 14.7 Å². The molecule has 1 rings (SSSR count). The minimum atomic E-state index is -0.922. The van der Waals surface area contributed by atoms with Gasteiger partial charge in [0.15, 0.2) is 5.75 Å². The molecule has 0 amide bonds. The predicted octanol–water partition coefficient (Wildman–Crippen LogP) is 2.17. The summed E-state index contributed by atoms with van der Waals surface area (Å²) in [4.78, 5) is 27.5. The number of hydrogen-bond donors (Lipinski definition) is 2. The second kappa shape index (κ2) is 7.24. The van der Waals surface area contributed by atoms with Crippen molar-refractivity contribution in [2.24, 2.45) is 0 Å². The predicted molar refractivity (Wildman–Crippen MR) is 76.8 cm³/mol. The summed E-state index contributed by atoms with van der Waals surface area (Å²) in [6.45, 7) is 6.03. The van der Waals surface area contributed by atoms with Crippen LogP contribution in [0.5, 0.6) is 11.5 Å². The lowest BCUT2D eigenvalue weighted by Crippen LogP contribution is -2.32. The van der Waals surface area contributed by atoms with Crippen LogP contribution in [-0.4, -0.2) is 34.0 Å². The second-order valence-electron chi connectivity index (χ2n) is 5.52. The van der Waals surface area contributed by atoms with Crippen molar-refractivity contribution in [2.45, 2.75) is 45.8 Å². The van der Waals surface area contributed by atoms with Crippen LogP contribution in [0.1, 0.15) is 44.5 Å². The zero-order chi connectivity index (χ0) is 16.9. The first-order valence-electron chi connectivity index (χ1n) is 6.70. The number of rotatable bonds is 6. The highest BCUT2D eigenvalue weighted by Gasteiger charge is 2.28. The third-order valence-corrected chi connectivity index (χ3v) is 2.70. The van der Waals surface area contributed by atoms with Crippen molar-refractivity contribution < 1.29 is 34.3 Å². The maximum Gasteiger partial charge on any atom is 0.342 e. The molecule has 0 aliphatic heterocycles. The number of carbonyl (C=O) groups excluding carboxylic acids is 2. The SMILES string of the molecule is CC(=O)Oc1c(OO)cccc1C(=O)OC(C)(C)CC(C)O. The van der Waals surface area contributed by atoms with Crippen LogP contribution >= 0.6 is 0 Å². The first-order valence-corrected chi connectivity index (χ1v) is 6.70. The van der Waals surface area contributed by atoms with E-state index in [0.717, 1.165) is 6.92 Å². The van der Waals surface area contributed by atoms with Crippen molar-refractivity contribution in [1.82, 2.24) is 0 Å². The molecule has 22 heavy (non-hydrogen) atoms. The quantitative estimate of drug-likeness (QED) is 0.359. The van der Waals surface area contributed by atoms with Crippen LogP contribution in [0.3, 0.4) is 0 Å². The summed E-state index contributed by atoms with van der Waals surface area (Å²) in [7, 11) is 0. The van der Waals surface area contributed by atoms with Gasteiger partial charge in [-0.3, -0.25) is 4.79 Å². The Morgan fingerprint density at radius 2 is 1.95 bits per heavy atom. The Morgan fingerprint density at radius 1 is 1.32 bits per heavy atom. The van der Waals surface area contributed by atoms with Crippen molar-refractivity contribution in [3.63, 3.8) is 0 Å². The molecule has 0 radical (unpaired) electrons. The highest BCUT2D eigenvalue weighted by Crippen LogP contribution is 2.33. The van der Waals surface area contributed by atoms with E-state index >= 15 is 0 Å². The fourth-order valence-corrected chi connectivity index (χ4v) is 2.06. The summed E-state index contributed by atoms with van der Waals surface area (Å²) in [6.07, 6.45) is -0.416. The molecule has 1 aromatic carbocycles. The third kappa shape index (κ3) is 5.01. The maximum atomic E-state index is 12.3. The Hall–Kier alpha value is -2.12. The second-order valence-corrected chi connectivity index (χ2v) is 5.52. The van der Waals surface area contributed by atoms with Gasteiger partial charge in [0.2, 0.25) is 5.75 Å². The minimum Gasteiger partial charge on any atom is -0.456 e. The number of ether oxygens (including phenoxy) is 2. The van der Waals surface area contributed by atoms with E-state index in [1.165, 1.54) is 18.2 Å². The molecule has 7 nitrogen and oxygen atoms in total. The molecule has 1 atom stereocenters. The summed E-state index contributed by atoms with van der Waals surface area (Å²) in [5.74, 6) is -1.85. The average Bonchev–Trinajstić information content (AvgIpc) is 2.35. The van der Waals surface area contributed by atoms with Crippen LogP contribution in [0.15, 0.2) is 18.2 Å². The summed E-state index contributed by atoms with van der Waals surface area (Å²) in [5.41, 5.74) is -0.991. The Labute approximate surface area is 128 Å². The molecule has 0 aliphatic carbocycles. The molecule has 0 spiro atoms. The van der Waals surface area contributed by atoms with Gasteiger partial charge in [0, 0.05) is 13.3 Å². The Bertz CT molecular complexity index is 549. The minimum absolute atomic E-state index is 0.0691. The van der Waals surface area contributed by atoms with Gasteiger partial charge in [-0.2, -0.15) is 0 Å². The van der Waals surface area contributed by atoms with Gasteiger partial charge in [-0.05, 0) is 32.9 Å². The third-order valence-electron chi connectivity index (χ3n) is 2.70. The standard InChI is InChI=1S/C15H20O7/c1-9(16)8-15(3,4)21-14(18)11-6-5-7-12(22-19)13(11)20-10(2)17/h5-7,9,16,19H,8H2,1-4H3. The van der Waals surface area contributed by atoms with Gasteiger partial charge < -0.3 is 19.5 Å². The van der Waals surface area contributed by atoms with Crippen molar-refractivity contribution in [2.75, 3.05) is 0 Å². The number of aliphatic hydroxyl groups excluding tert-OH is 1. The van der Waals surface area contributed by atoms with Gasteiger partial charge >= 0.3 is 11.9 Å². The normalized spacial score (nSPS) is 12.5. The Balaban J connectivity index is 3.09. The van der Waals surface area contributed by atoms with E-state index in [4.69, 9.17) is 14.7 Å². The monoisotopic (exact) mass is 312 g/mol. The molecule has 1 unspecified atom stereocenters. The molecule has 0 aliphatic rings. The molecule has 0 fully saturated rings. The molecule has 7 heteroatoms. The summed E-state index contributed by atoms with van der Waals surface area (Å²) < 4.78 is 10.2. The van der Waals surface area contributed by atoms with Crippen LogP contribution in [-0.2, 0) is 9.53 Å². The van der Waals surface area contributed by atoms with Crippen LogP contribution < -0.4 is 9.62 Å². The summed E-state index contributed by atoms with van der Waals surface area (Å²) in [6, 6.07) is 4.15. The number of esters is 2. The van der Waals surface area contributed by atoms with Crippen LogP contribution in [0.2, 0.25) is 0 Å². The molecular weight excluding hydrogens is 292 g/mol. The van der Waals surface area contributed by atoms with Gasteiger partial charge in [0.25, 0.3) is 0 Å². The van der Waals surface area contributed by atoms with E-state index in [1.807, 2.05) is 0 Å². The number of hydrogen-bond acceptors (Lipinski definition) is 7. The number of aliphatic hydroxyl groups is 1. The van der Waals surface area contributed by atoms with Crippen molar-refractivity contribution in [3.05, 3.63) is 23.8 Å². The van der Waals surface area contributed by atoms with E-state index in [2.05, 4.69) is 4.89 Å². The first-order chi connectivity index (χ1) is 10.2. The highest BCUT2D eigenvalue weighted by molar-refractivity contribution is 5.94. The van der Waals surface area contributed by atoms with E-state index in [0.29, 0.717) is 0 Å². The van der Waals surface area contributed by atoms with Crippen molar-refractivity contribution in [1.29, 1.82) is 0 Å². The fourth-order valence-electron chi connectivity index (χ4n) is 2.06. The largest absolute Gasteiger partial charge is 0.456 e. The lowest BCUT2D eigenvalue weighted by Gasteiger charge is -2.26. The van der Waals surface area contributed by atoms with E-state index in [1.54, 1.807) is 20.8 Å². The molecule has 122 valence electrons. The maximum absolute atomic E-state index is 12.3. The highest BCUT2D eigenvalue weighted by atomic mass is 17.1. The molecular formula is C15H20O7. The average molecular weight is 312 g/mol. The van der Waals surface area contributed by atoms with E-state index in [-0.39, 0.29) is 23.5 Å². The number of para-hydroxylation sites is 1. The topological polar surface area (TPSA) is 102 Å². The number of benzene rings is 1. The Morgan fingerprint density at radius 3 is 2.45 bits per heavy atom. The van der Waals surface area contributed by atoms with Gasteiger partial charge in [0.1, 0.15) is 11.2 Å². The molecule has 0 heterocycles. The molecule has 1 aromatic rings. The molecule has 0 bridgehead atoms. The van der Waals surface area contributed by atoms with Crippen molar-refractivity contribution >= 4 is 11.9 Å². The molecule has 2 N–H and O–H groups in total. The zero-order valence-electron chi connectivity index (χ0n) is 13.0. The zero-order valence-corrected chi connectivity index (χ0v) is 13.0. The molecule has 0 saturated carbocycles. The fraction of sp³-hybridized carbons (Fsp3) is 0.467. The van der Waals surface area contributed by atoms with Crippen LogP contribution in [0.4, 0.5) is 0 Å². The first kappa shape index (κ1) is 17.9. The van der Waals surface area contributed by atoms with Crippen molar-refractivity contribution in [3.8, 4) is 11.5 Å². The number of carbonyl (C=O) groups is 2. The summed E-state index contributed by atoms with van der Waals surface area (Å²) >= 11 is 0. The van der Waals surface area contributed by atoms with E-state index < -0.39 is 23.6 Å². The summed E-state index contributed by atoms with van der Waals surface area (Å²) in [5, 5.41) is 18.2.